The highest BCUT2D eigenvalue weighted by molar-refractivity contribution is 6.32. The van der Waals surface area contributed by atoms with Crippen LogP contribution in [0.15, 0.2) is 78.9 Å². The van der Waals surface area contributed by atoms with Gasteiger partial charge in [-0.2, -0.15) is 0 Å². The Balaban J connectivity index is 1.90. The van der Waals surface area contributed by atoms with Crippen LogP contribution in [-0.4, -0.2) is 17.0 Å². The van der Waals surface area contributed by atoms with E-state index < -0.39 is 17.7 Å². The van der Waals surface area contributed by atoms with E-state index in [0.717, 1.165) is 9.80 Å². The first kappa shape index (κ1) is 18.5. The summed E-state index contributed by atoms with van der Waals surface area (Å²) in [5, 5.41) is 12.5. The van der Waals surface area contributed by atoms with Gasteiger partial charge in [0.2, 0.25) is 0 Å². The molecule has 1 aliphatic rings. The monoisotopic (exact) mass is 412 g/mol. The Morgan fingerprint density at radius 2 is 1.21 bits per heavy atom. The number of carbonyl (C=O) groups is 2. The van der Waals surface area contributed by atoms with Crippen molar-refractivity contribution >= 4 is 46.5 Å². The summed E-state index contributed by atoms with van der Waals surface area (Å²) in [5.41, 5.74) is -1.28. The van der Waals surface area contributed by atoms with Crippen LogP contribution in [-0.2, 0) is 10.5 Å². The smallest absolute Gasteiger partial charge is 0.339 e. The summed E-state index contributed by atoms with van der Waals surface area (Å²) in [7, 11) is 0. The van der Waals surface area contributed by atoms with E-state index in [1.54, 1.807) is 78.9 Å². The van der Waals surface area contributed by atoms with Crippen LogP contribution in [0.1, 0.15) is 5.56 Å². The average Bonchev–Trinajstić information content (AvgIpc) is 2.91. The number of halogens is 2. The van der Waals surface area contributed by atoms with Gasteiger partial charge in [0.25, 0.3) is 11.6 Å². The van der Waals surface area contributed by atoms with Crippen molar-refractivity contribution in [2.45, 2.75) is 5.72 Å². The topological polar surface area (TPSA) is 60.9 Å². The molecule has 3 aromatic carbocycles. The van der Waals surface area contributed by atoms with Gasteiger partial charge < -0.3 is 5.11 Å². The predicted molar refractivity (Wildman–Crippen MR) is 109 cm³/mol. The molecule has 0 aromatic heterocycles. The van der Waals surface area contributed by atoms with Gasteiger partial charge in [-0.3, -0.25) is 9.69 Å². The van der Waals surface area contributed by atoms with Crippen molar-refractivity contribution in [2.24, 2.45) is 0 Å². The van der Waals surface area contributed by atoms with Crippen molar-refractivity contribution in [2.75, 3.05) is 9.80 Å². The molecule has 3 amide bonds. The van der Waals surface area contributed by atoms with Gasteiger partial charge in [-0.1, -0.05) is 53.5 Å². The van der Waals surface area contributed by atoms with Gasteiger partial charge >= 0.3 is 6.03 Å². The maximum atomic E-state index is 13.3. The first-order chi connectivity index (χ1) is 13.4. The van der Waals surface area contributed by atoms with E-state index in [9.17, 15) is 14.7 Å². The van der Waals surface area contributed by atoms with Crippen molar-refractivity contribution in [1.82, 2.24) is 0 Å². The lowest BCUT2D eigenvalue weighted by atomic mass is 10.0. The molecule has 0 bridgehead atoms. The largest absolute Gasteiger partial charge is 0.359 e. The van der Waals surface area contributed by atoms with Gasteiger partial charge in [0, 0.05) is 21.3 Å². The minimum Gasteiger partial charge on any atom is -0.359 e. The van der Waals surface area contributed by atoms with Crippen molar-refractivity contribution in [3.63, 3.8) is 0 Å². The molecule has 5 nitrogen and oxygen atoms in total. The highest BCUT2D eigenvalue weighted by Gasteiger charge is 2.59. The highest BCUT2D eigenvalue weighted by atomic mass is 35.5. The first-order valence-electron chi connectivity index (χ1n) is 8.40. The molecular formula is C21H14Cl2N2O3. The number of hydrogen-bond acceptors (Lipinski definition) is 3. The van der Waals surface area contributed by atoms with Crippen LogP contribution >= 0.6 is 23.2 Å². The van der Waals surface area contributed by atoms with Gasteiger partial charge in [-0.25, -0.2) is 9.69 Å². The van der Waals surface area contributed by atoms with Crippen LogP contribution in [0.4, 0.5) is 16.2 Å². The second-order valence-corrected chi connectivity index (χ2v) is 7.12. The Morgan fingerprint density at radius 3 is 1.75 bits per heavy atom. The van der Waals surface area contributed by atoms with E-state index in [1.165, 1.54) is 0 Å². The van der Waals surface area contributed by atoms with E-state index in [4.69, 9.17) is 23.2 Å². The third-order valence-electron chi connectivity index (χ3n) is 4.55. The summed E-state index contributed by atoms with van der Waals surface area (Å²) >= 11 is 11.9. The molecule has 1 heterocycles. The number of aliphatic hydroxyl groups is 1. The molecule has 0 spiro atoms. The molecule has 4 rings (SSSR count). The number of anilines is 2. The van der Waals surface area contributed by atoms with E-state index in [2.05, 4.69) is 0 Å². The average molecular weight is 413 g/mol. The SMILES string of the molecule is O=C1N(c2ccc(Cl)cc2)C(=O)C(O)(c2ccccc2)N1c1ccc(Cl)cc1. The van der Waals surface area contributed by atoms with Gasteiger partial charge in [-0.05, 0) is 48.5 Å². The molecule has 140 valence electrons. The molecule has 0 saturated carbocycles. The number of amides is 3. The molecule has 28 heavy (non-hydrogen) atoms. The standard InChI is InChI=1S/C21H14Cl2N2O3/c22-15-6-10-17(11-7-15)24-19(26)21(28,14-4-2-1-3-5-14)25(20(24)27)18-12-8-16(23)9-13-18/h1-13,28H. The van der Waals surface area contributed by atoms with Crippen LogP contribution in [0, 0.1) is 0 Å². The van der Waals surface area contributed by atoms with Crippen molar-refractivity contribution in [3.05, 3.63) is 94.5 Å². The summed E-state index contributed by atoms with van der Waals surface area (Å²) in [4.78, 5) is 28.6. The molecule has 1 N–H and O–H groups in total. The number of hydrogen-bond donors (Lipinski definition) is 1. The minimum absolute atomic E-state index is 0.278. The van der Waals surface area contributed by atoms with E-state index in [1.807, 2.05) is 0 Å². The minimum atomic E-state index is -2.20. The quantitative estimate of drug-likeness (QED) is 0.627. The van der Waals surface area contributed by atoms with E-state index in [0.29, 0.717) is 21.4 Å². The Morgan fingerprint density at radius 1 is 0.714 bits per heavy atom. The third kappa shape index (κ3) is 2.85. The number of imide groups is 1. The van der Waals surface area contributed by atoms with Gasteiger partial charge in [0.05, 0.1) is 5.69 Å². The molecule has 7 heteroatoms. The van der Waals surface area contributed by atoms with Crippen LogP contribution in [0.3, 0.4) is 0 Å². The molecule has 0 radical (unpaired) electrons. The van der Waals surface area contributed by atoms with Crippen molar-refractivity contribution < 1.29 is 14.7 Å². The fourth-order valence-corrected chi connectivity index (χ4v) is 3.46. The molecule has 1 aliphatic heterocycles. The van der Waals surface area contributed by atoms with Crippen LogP contribution in [0.2, 0.25) is 10.0 Å². The molecule has 1 atom stereocenters. The van der Waals surface area contributed by atoms with Gasteiger partial charge in [0.1, 0.15) is 0 Å². The number of benzene rings is 3. The summed E-state index contributed by atoms with van der Waals surface area (Å²) < 4.78 is 0. The third-order valence-corrected chi connectivity index (χ3v) is 5.06. The van der Waals surface area contributed by atoms with Gasteiger partial charge in [0.15, 0.2) is 0 Å². The Bertz CT molecular complexity index is 1040. The summed E-state index contributed by atoms with van der Waals surface area (Å²) in [6, 6.07) is 20.2. The Kier molecular flexibility index (Phi) is 4.59. The molecule has 1 fully saturated rings. The van der Waals surface area contributed by atoms with E-state index in [-0.39, 0.29) is 5.56 Å². The Hall–Kier alpha value is -2.86. The second-order valence-electron chi connectivity index (χ2n) is 6.25. The van der Waals surface area contributed by atoms with Crippen LogP contribution in [0.5, 0.6) is 0 Å². The zero-order chi connectivity index (χ0) is 19.9. The molecule has 3 aromatic rings. The lowest BCUT2D eigenvalue weighted by molar-refractivity contribution is -0.133. The summed E-state index contributed by atoms with van der Waals surface area (Å²) in [6.45, 7) is 0. The van der Waals surface area contributed by atoms with E-state index >= 15 is 0 Å². The first-order valence-corrected chi connectivity index (χ1v) is 9.16. The summed E-state index contributed by atoms with van der Waals surface area (Å²) in [6.07, 6.45) is 0. The molecular weight excluding hydrogens is 399 g/mol. The van der Waals surface area contributed by atoms with Crippen LogP contribution < -0.4 is 9.80 Å². The zero-order valence-corrected chi connectivity index (χ0v) is 15.9. The Labute approximate surface area is 171 Å². The molecule has 1 saturated heterocycles. The lowest BCUT2D eigenvalue weighted by Crippen LogP contribution is -2.47. The van der Waals surface area contributed by atoms with Crippen LogP contribution in [0.25, 0.3) is 0 Å². The molecule has 1 unspecified atom stereocenters. The fourth-order valence-electron chi connectivity index (χ4n) is 3.21. The number of urea groups is 1. The van der Waals surface area contributed by atoms with Crippen molar-refractivity contribution in [1.29, 1.82) is 0 Å². The fraction of sp³-hybridized carbons (Fsp3) is 0.0476. The summed E-state index contributed by atoms with van der Waals surface area (Å²) in [5.74, 6) is -0.777. The number of nitrogens with zero attached hydrogens (tertiary/aromatic N) is 2. The second kappa shape index (κ2) is 6.95. The lowest BCUT2D eigenvalue weighted by Gasteiger charge is -2.30. The number of rotatable bonds is 3. The normalized spacial score (nSPS) is 19.4. The number of carbonyl (C=O) groups excluding carboxylic acids is 2. The maximum Gasteiger partial charge on any atom is 0.339 e. The van der Waals surface area contributed by atoms with Crippen molar-refractivity contribution in [3.8, 4) is 0 Å². The van der Waals surface area contributed by atoms with Gasteiger partial charge in [-0.15, -0.1) is 0 Å². The highest BCUT2D eigenvalue weighted by Crippen LogP contribution is 2.41. The molecule has 0 aliphatic carbocycles. The zero-order valence-electron chi connectivity index (χ0n) is 14.4. The predicted octanol–water partition coefficient (Wildman–Crippen LogP) is 4.81. The maximum absolute atomic E-state index is 13.3.